The molecule has 2 aromatic heterocycles. The van der Waals surface area contributed by atoms with E-state index in [0.717, 1.165) is 27.5 Å². The normalized spacial score (nSPS) is 11.3. The van der Waals surface area contributed by atoms with Gasteiger partial charge >= 0.3 is 0 Å². The first-order chi connectivity index (χ1) is 10.7. The number of hydrogen-bond acceptors (Lipinski definition) is 2. The summed E-state index contributed by atoms with van der Waals surface area (Å²) in [4.78, 5) is 16.2. The minimum Gasteiger partial charge on any atom is -0.397 e. The van der Waals surface area contributed by atoms with Gasteiger partial charge in [-0.1, -0.05) is 24.3 Å². The zero-order chi connectivity index (χ0) is 15.3. The van der Waals surface area contributed by atoms with Crippen molar-refractivity contribution < 1.29 is 4.79 Å². The maximum Gasteiger partial charge on any atom is 0.264 e. The van der Waals surface area contributed by atoms with Crippen LogP contribution in [0.2, 0.25) is 0 Å². The van der Waals surface area contributed by atoms with E-state index in [0.29, 0.717) is 11.3 Å². The number of anilines is 1. The van der Waals surface area contributed by atoms with Gasteiger partial charge in [0.1, 0.15) is 0 Å². The number of nitrogens with one attached hydrogen (secondary N) is 1. The van der Waals surface area contributed by atoms with Gasteiger partial charge in [-0.15, -0.1) is 0 Å². The lowest BCUT2D eigenvalue weighted by Gasteiger charge is -2.09. The van der Waals surface area contributed by atoms with Crippen LogP contribution in [-0.4, -0.2) is 15.5 Å². The zero-order valence-corrected chi connectivity index (χ0v) is 12.1. The number of benzene rings is 2. The van der Waals surface area contributed by atoms with Crippen molar-refractivity contribution in [3.05, 3.63) is 66.0 Å². The molecule has 0 atom stereocenters. The summed E-state index contributed by atoms with van der Waals surface area (Å²) < 4.78 is 1.69. The molecule has 4 rings (SSSR count). The van der Waals surface area contributed by atoms with Gasteiger partial charge in [-0.25, -0.2) is 0 Å². The number of H-pyrrole nitrogens is 1. The summed E-state index contributed by atoms with van der Waals surface area (Å²) in [7, 11) is 0. The van der Waals surface area contributed by atoms with E-state index in [1.54, 1.807) is 4.57 Å². The molecule has 108 valence electrons. The Morgan fingerprint density at radius 3 is 2.73 bits per heavy atom. The van der Waals surface area contributed by atoms with Gasteiger partial charge in [0.15, 0.2) is 0 Å². The van der Waals surface area contributed by atoms with Gasteiger partial charge in [-0.3, -0.25) is 9.36 Å². The third kappa shape index (κ3) is 1.67. The van der Waals surface area contributed by atoms with E-state index in [2.05, 4.69) is 4.98 Å². The lowest BCUT2D eigenvalue weighted by atomic mass is 10.1. The lowest BCUT2D eigenvalue weighted by Crippen LogP contribution is -2.14. The highest BCUT2D eigenvalue weighted by Crippen LogP contribution is 2.27. The first kappa shape index (κ1) is 12.7. The predicted octanol–water partition coefficient (Wildman–Crippen LogP) is 3.70. The highest BCUT2D eigenvalue weighted by Gasteiger charge is 2.18. The second-order valence-electron chi connectivity index (χ2n) is 5.46. The van der Waals surface area contributed by atoms with E-state index in [1.165, 1.54) is 0 Å². The summed E-state index contributed by atoms with van der Waals surface area (Å²) in [5, 5.41) is 2.00. The first-order valence-electron chi connectivity index (χ1n) is 7.14. The number of aryl methyl sites for hydroxylation is 1. The predicted molar refractivity (Wildman–Crippen MR) is 89.1 cm³/mol. The maximum atomic E-state index is 13.1. The van der Waals surface area contributed by atoms with Crippen LogP contribution in [0.3, 0.4) is 0 Å². The van der Waals surface area contributed by atoms with Crippen LogP contribution in [0.15, 0.2) is 54.7 Å². The molecular weight excluding hydrogens is 274 g/mol. The molecule has 3 N–H and O–H groups in total. The number of nitrogens with two attached hydrogens (primary N) is 1. The van der Waals surface area contributed by atoms with Crippen LogP contribution in [-0.2, 0) is 0 Å². The van der Waals surface area contributed by atoms with Crippen molar-refractivity contribution in [1.82, 2.24) is 9.55 Å². The van der Waals surface area contributed by atoms with Crippen molar-refractivity contribution in [3.63, 3.8) is 0 Å². The zero-order valence-electron chi connectivity index (χ0n) is 12.1. The molecule has 22 heavy (non-hydrogen) atoms. The number of rotatable bonds is 1. The van der Waals surface area contributed by atoms with Gasteiger partial charge in [-0.2, -0.15) is 0 Å². The maximum absolute atomic E-state index is 13.1. The molecule has 0 aliphatic rings. The fourth-order valence-electron chi connectivity index (χ4n) is 3.07. The molecule has 2 heterocycles. The number of hydrogen-bond donors (Lipinski definition) is 2. The summed E-state index contributed by atoms with van der Waals surface area (Å²) >= 11 is 0. The molecule has 0 fully saturated rings. The van der Waals surface area contributed by atoms with Crippen molar-refractivity contribution in [2.45, 2.75) is 6.92 Å². The van der Waals surface area contributed by atoms with Gasteiger partial charge < -0.3 is 10.7 Å². The molecule has 0 radical (unpaired) electrons. The van der Waals surface area contributed by atoms with Crippen LogP contribution in [0.1, 0.15) is 16.1 Å². The van der Waals surface area contributed by atoms with E-state index in [9.17, 15) is 4.79 Å². The van der Waals surface area contributed by atoms with Crippen LogP contribution in [0.5, 0.6) is 0 Å². The number of nitrogen functional groups attached to an aromatic ring is 1. The first-order valence-corrected chi connectivity index (χ1v) is 7.14. The SMILES string of the molecule is Cc1cc2cccc(N)c2n1C(=O)c1cccc2cc[nH]c12. The molecule has 0 aliphatic heterocycles. The molecule has 0 spiro atoms. The van der Waals surface area contributed by atoms with E-state index in [-0.39, 0.29) is 5.91 Å². The Morgan fingerprint density at radius 1 is 1.09 bits per heavy atom. The summed E-state index contributed by atoms with van der Waals surface area (Å²) in [6.07, 6.45) is 1.84. The minimum absolute atomic E-state index is 0.0709. The number of aromatic nitrogens is 2. The van der Waals surface area contributed by atoms with Gasteiger partial charge in [0.2, 0.25) is 0 Å². The van der Waals surface area contributed by atoms with Crippen molar-refractivity contribution in [1.29, 1.82) is 0 Å². The Kier molecular flexibility index (Phi) is 2.60. The minimum atomic E-state index is -0.0709. The topological polar surface area (TPSA) is 63.8 Å². The average molecular weight is 289 g/mol. The Morgan fingerprint density at radius 2 is 1.86 bits per heavy atom. The van der Waals surface area contributed by atoms with Gasteiger partial charge in [0, 0.05) is 22.7 Å². The Bertz CT molecular complexity index is 1020. The Labute approximate surface area is 127 Å². The molecule has 4 nitrogen and oxygen atoms in total. The number of carbonyl (C=O) groups excluding carboxylic acids is 1. The molecule has 0 aliphatic carbocycles. The summed E-state index contributed by atoms with van der Waals surface area (Å²) in [5.74, 6) is -0.0709. The van der Waals surface area contributed by atoms with Gasteiger partial charge in [0.05, 0.1) is 22.3 Å². The second-order valence-corrected chi connectivity index (χ2v) is 5.46. The molecule has 4 aromatic rings. The monoisotopic (exact) mass is 289 g/mol. The molecule has 0 saturated heterocycles. The number of aromatic amines is 1. The Balaban J connectivity index is 2.01. The third-order valence-electron chi connectivity index (χ3n) is 4.06. The lowest BCUT2D eigenvalue weighted by molar-refractivity contribution is 0.0964. The fourth-order valence-corrected chi connectivity index (χ4v) is 3.07. The van der Waals surface area contributed by atoms with Crippen molar-refractivity contribution in [3.8, 4) is 0 Å². The molecule has 0 bridgehead atoms. The largest absolute Gasteiger partial charge is 0.397 e. The van der Waals surface area contributed by atoms with Crippen LogP contribution in [0.4, 0.5) is 5.69 Å². The molecule has 0 unspecified atom stereocenters. The quantitative estimate of drug-likeness (QED) is 0.525. The number of fused-ring (bicyclic) bond motifs is 2. The Hall–Kier alpha value is -3.01. The molecular formula is C18H15N3O. The van der Waals surface area contributed by atoms with Crippen molar-refractivity contribution >= 4 is 33.4 Å². The standard InChI is InChI=1S/C18H15N3O/c1-11-10-13-5-3-7-15(19)17(13)21(11)18(22)14-6-2-4-12-8-9-20-16(12)14/h2-10,20H,19H2,1H3. The third-order valence-corrected chi connectivity index (χ3v) is 4.06. The van der Waals surface area contributed by atoms with Crippen LogP contribution >= 0.6 is 0 Å². The summed E-state index contributed by atoms with van der Waals surface area (Å²) in [6, 6.07) is 15.4. The van der Waals surface area contributed by atoms with E-state index >= 15 is 0 Å². The summed E-state index contributed by atoms with van der Waals surface area (Å²) in [6.45, 7) is 1.92. The van der Waals surface area contributed by atoms with E-state index in [4.69, 9.17) is 5.73 Å². The van der Waals surface area contributed by atoms with E-state index in [1.807, 2.05) is 61.7 Å². The van der Waals surface area contributed by atoms with Crippen LogP contribution < -0.4 is 5.73 Å². The van der Waals surface area contributed by atoms with Crippen LogP contribution in [0, 0.1) is 6.92 Å². The van der Waals surface area contributed by atoms with E-state index < -0.39 is 0 Å². The van der Waals surface area contributed by atoms with Gasteiger partial charge in [-0.05, 0) is 31.2 Å². The fraction of sp³-hybridized carbons (Fsp3) is 0.0556. The highest BCUT2D eigenvalue weighted by atomic mass is 16.2. The molecule has 4 heteroatoms. The second kappa shape index (κ2) is 4.49. The number of para-hydroxylation sites is 2. The number of carbonyl (C=O) groups is 1. The summed E-state index contributed by atoms with van der Waals surface area (Å²) in [5.41, 5.74) is 9.85. The average Bonchev–Trinajstić information content (AvgIpc) is 3.10. The van der Waals surface area contributed by atoms with Crippen molar-refractivity contribution in [2.24, 2.45) is 0 Å². The molecule has 0 saturated carbocycles. The van der Waals surface area contributed by atoms with Crippen molar-refractivity contribution in [2.75, 3.05) is 5.73 Å². The highest BCUT2D eigenvalue weighted by molar-refractivity contribution is 6.11. The number of nitrogens with zero attached hydrogens (tertiary/aromatic N) is 1. The van der Waals surface area contributed by atoms with Crippen LogP contribution in [0.25, 0.3) is 21.8 Å². The molecule has 2 aromatic carbocycles. The molecule has 0 amide bonds. The smallest absolute Gasteiger partial charge is 0.264 e. The van der Waals surface area contributed by atoms with Gasteiger partial charge in [0.25, 0.3) is 5.91 Å².